The molecule has 41 heavy (non-hydrogen) atoms. The highest BCUT2D eigenvalue weighted by Crippen LogP contribution is 2.45. The highest BCUT2D eigenvalue weighted by Gasteiger charge is 2.30. The predicted octanol–water partition coefficient (Wildman–Crippen LogP) is 8.37. The van der Waals surface area contributed by atoms with Gasteiger partial charge in [0.25, 0.3) is 0 Å². The number of ether oxygens (including phenoxy) is 1. The lowest BCUT2D eigenvalue weighted by Gasteiger charge is -2.18. The number of aromatic nitrogens is 3. The molecule has 0 aliphatic carbocycles. The summed E-state index contributed by atoms with van der Waals surface area (Å²) in [5.41, 5.74) is 7.98. The number of nitrogens with zero attached hydrogens (tertiary/aromatic N) is 5. The van der Waals surface area contributed by atoms with Crippen molar-refractivity contribution in [3.63, 3.8) is 0 Å². The molecular weight excluding hydrogens is 542 g/mol. The Labute approximate surface area is 245 Å². The molecule has 10 heteroatoms. The lowest BCUT2D eigenvalue weighted by atomic mass is 9.94. The van der Waals surface area contributed by atoms with Crippen LogP contribution in [0.25, 0.3) is 32.2 Å². The van der Waals surface area contributed by atoms with Crippen LogP contribution in [-0.2, 0) is 18.0 Å². The smallest absolute Gasteiger partial charge is 0.225 e. The van der Waals surface area contributed by atoms with Crippen LogP contribution in [-0.4, -0.2) is 28.0 Å². The van der Waals surface area contributed by atoms with Crippen LogP contribution < -0.4 is 10.6 Å². The molecule has 220 valence electrons. The number of thiophene rings is 1. The molecule has 5 heterocycles. The summed E-state index contributed by atoms with van der Waals surface area (Å²) in [7, 11) is 0. The summed E-state index contributed by atoms with van der Waals surface area (Å²) in [5.74, 6) is -0.193. The minimum atomic E-state index is -0.603. The van der Waals surface area contributed by atoms with Gasteiger partial charge in [0, 0.05) is 35.6 Å². The van der Waals surface area contributed by atoms with E-state index in [2.05, 4.69) is 54.5 Å². The van der Waals surface area contributed by atoms with Crippen molar-refractivity contribution in [2.24, 2.45) is 5.92 Å². The number of anilines is 2. The fraction of sp³-hybridized carbons (Fsp3) is 0.484. The van der Waals surface area contributed by atoms with Crippen LogP contribution in [0.4, 0.5) is 19.7 Å². The Morgan fingerprint density at radius 2 is 1.76 bits per heavy atom. The average Bonchev–Trinajstić information content (AvgIpc) is 3.70. The van der Waals surface area contributed by atoms with Crippen molar-refractivity contribution >= 4 is 43.3 Å². The second-order valence-corrected chi connectivity index (χ2v) is 11.0. The molecule has 1 atom stereocenters. The van der Waals surface area contributed by atoms with Crippen molar-refractivity contribution in [3.05, 3.63) is 40.7 Å². The number of fused-ring (bicyclic) bond motifs is 4. The zero-order chi connectivity index (χ0) is 30.3. The van der Waals surface area contributed by atoms with Gasteiger partial charge in [-0.05, 0) is 23.5 Å². The molecule has 2 aliphatic rings. The Kier molecular flexibility index (Phi) is 11.3. The summed E-state index contributed by atoms with van der Waals surface area (Å²) in [4.78, 5) is 15.4. The summed E-state index contributed by atoms with van der Waals surface area (Å²) in [5, 5.41) is 10.6. The van der Waals surface area contributed by atoms with Gasteiger partial charge in [-0.2, -0.15) is 5.26 Å². The van der Waals surface area contributed by atoms with E-state index < -0.39 is 11.6 Å². The van der Waals surface area contributed by atoms with Gasteiger partial charge in [0.1, 0.15) is 16.6 Å². The third-order valence-corrected chi connectivity index (χ3v) is 7.47. The molecule has 0 spiro atoms. The van der Waals surface area contributed by atoms with Crippen molar-refractivity contribution in [2.75, 3.05) is 23.7 Å². The fourth-order valence-electron chi connectivity index (χ4n) is 4.81. The highest BCUT2D eigenvalue weighted by atomic mass is 32.1. The Hall–Kier alpha value is -3.42. The molecule has 0 amide bonds. The van der Waals surface area contributed by atoms with Gasteiger partial charge >= 0.3 is 0 Å². The van der Waals surface area contributed by atoms with Crippen LogP contribution in [0.5, 0.6) is 0 Å². The van der Waals surface area contributed by atoms with E-state index in [0.29, 0.717) is 22.8 Å². The molecule has 0 radical (unpaired) electrons. The van der Waals surface area contributed by atoms with E-state index in [1.54, 1.807) is 6.20 Å². The SMILES string of the molecule is CC.CC1CCN(c2ncc3c4c(c(-c5ncc(F)c6sc(N)c(C#N)c56)c(F)c3n2)COC4)C1.CCC.CCC. The second-order valence-electron chi connectivity index (χ2n) is 9.94. The topological polar surface area (TPSA) is 101 Å². The number of hydrogen-bond donors (Lipinski definition) is 1. The zero-order valence-corrected chi connectivity index (χ0v) is 25.9. The third kappa shape index (κ3) is 6.26. The molecule has 1 unspecified atom stereocenters. The van der Waals surface area contributed by atoms with Gasteiger partial charge in [-0.15, -0.1) is 11.3 Å². The maximum absolute atomic E-state index is 16.2. The monoisotopic (exact) mass is 582 g/mol. The first-order valence-corrected chi connectivity index (χ1v) is 15.2. The third-order valence-electron chi connectivity index (χ3n) is 6.44. The summed E-state index contributed by atoms with van der Waals surface area (Å²) in [6, 6.07) is 2.02. The van der Waals surface area contributed by atoms with Crippen LogP contribution in [0, 0.1) is 28.9 Å². The summed E-state index contributed by atoms with van der Waals surface area (Å²) < 4.78 is 36.6. The minimum Gasteiger partial charge on any atom is -0.389 e. The van der Waals surface area contributed by atoms with E-state index in [0.717, 1.165) is 42.6 Å². The van der Waals surface area contributed by atoms with Crippen LogP contribution in [0.15, 0.2) is 12.4 Å². The molecule has 1 aromatic carbocycles. The molecule has 1 fully saturated rings. The maximum atomic E-state index is 16.2. The van der Waals surface area contributed by atoms with E-state index in [9.17, 15) is 9.65 Å². The number of nitriles is 1. The van der Waals surface area contributed by atoms with Gasteiger partial charge in [0.2, 0.25) is 5.95 Å². The van der Waals surface area contributed by atoms with E-state index in [1.165, 1.54) is 12.8 Å². The van der Waals surface area contributed by atoms with E-state index in [4.69, 9.17) is 10.5 Å². The van der Waals surface area contributed by atoms with E-state index >= 15 is 4.39 Å². The lowest BCUT2D eigenvalue weighted by molar-refractivity contribution is 0.135. The maximum Gasteiger partial charge on any atom is 0.225 e. The van der Waals surface area contributed by atoms with Crippen molar-refractivity contribution in [2.45, 2.75) is 80.9 Å². The quantitative estimate of drug-likeness (QED) is 0.253. The first-order chi connectivity index (χ1) is 19.8. The van der Waals surface area contributed by atoms with Gasteiger partial charge in [0.05, 0.1) is 35.4 Å². The van der Waals surface area contributed by atoms with Crippen LogP contribution in [0.3, 0.4) is 0 Å². The molecule has 4 aromatic rings. The van der Waals surface area contributed by atoms with Gasteiger partial charge in [-0.3, -0.25) is 4.98 Å². The number of rotatable bonds is 2. The molecule has 0 saturated carbocycles. The number of hydrogen-bond acceptors (Lipinski definition) is 8. The second kappa shape index (κ2) is 14.5. The molecule has 2 aliphatic heterocycles. The average molecular weight is 583 g/mol. The zero-order valence-electron chi connectivity index (χ0n) is 25.1. The molecule has 1 saturated heterocycles. The summed E-state index contributed by atoms with van der Waals surface area (Å²) >= 11 is 0.955. The Balaban J connectivity index is 0.000000525. The Morgan fingerprint density at radius 3 is 2.37 bits per heavy atom. The molecule has 7 nitrogen and oxygen atoms in total. The molecule has 3 aromatic heterocycles. The van der Waals surface area contributed by atoms with E-state index in [-0.39, 0.29) is 50.6 Å². The standard InChI is InChI=1S/C23H18F2N6OS.2C3H8.C2H6/c1-10-2-3-31(7-10)23-29-5-12-13-8-32-9-14(13)16(18(25)19(12)30-23)20-17-11(4-26)22(27)33-21(17)15(24)6-28-20;2*1-3-2;1-2/h5-6,10H,2-3,7-9,27H2,1H3;2*3H2,1-2H3;1-2H3. The lowest BCUT2D eigenvalue weighted by Crippen LogP contribution is -2.21. The van der Waals surface area contributed by atoms with Gasteiger partial charge < -0.3 is 15.4 Å². The van der Waals surface area contributed by atoms with Gasteiger partial charge in [-0.25, -0.2) is 18.7 Å². The number of pyridine rings is 1. The molecule has 6 rings (SSSR count). The van der Waals surface area contributed by atoms with E-state index in [1.807, 2.05) is 19.9 Å². The van der Waals surface area contributed by atoms with Crippen LogP contribution in [0.1, 0.15) is 84.4 Å². The first kappa shape index (κ1) is 32.1. The molecule has 0 bridgehead atoms. The Bertz CT molecular complexity index is 1550. The van der Waals surface area contributed by atoms with Crippen molar-refractivity contribution in [1.82, 2.24) is 15.0 Å². The molecule has 2 N–H and O–H groups in total. The number of halogens is 2. The summed E-state index contributed by atoms with van der Waals surface area (Å²) in [6.07, 6.45) is 6.22. The van der Waals surface area contributed by atoms with Crippen molar-refractivity contribution < 1.29 is 13.5 Å². The van der Waals surface area contributed by atoms with Crippen LogP contribution in [0.2, 0.25) is 0 Å². The number of benzene rings is 1. The van der Waals surface area contributed by atoms with Crippen molar-refractivity contribution in [1.29, 1.82) is 5.26 Å². The summed E-state index contributed by atoms with van der Waals surface area (Å²) in [6.45, 7) is 16.7. The Morgan fingerprint density at radius 1 is 1.10 bits per heavy atom. The number of nitrogen functional groups attached to an aromatic ring is 1. The number of nitrogens with two attached hydrogens (primary N) is 1. The molecular formula is C31H40F2N6OS. The van der Waals surface area contributed by atoms with Crippen LogP contribution >= 0.6 is 11.3 Å². The predicted molar refractivity (Wildman–Crippen MR) is 165 cm³/mol. The largest absolute Gasteiger partial charge is 0.389 e. The van der Waals surface area contributed by atoms with Crippen molar-refractivity contribution in [3.8, 4) is 17.3 Å². The minimum absolute atomic E-state index is 0.0959. The van der Waals surface area contributed by atoms with Gasteiger partial charge in [0.15, 0.2) is 11.6 Å². The highest BCUT2D eigenvalue weighted by molar-refractivity contribution is 7.23. The van der Waals surface area contributed by atoms with Gasteiger partial charge in [-0.1, -0.05) is 61.3 Å². The normalized spacial score (nSPS) is 15.3. The fourth-order valence-corrected chi connectivity index (χ4v) is 5.73. The first-order valence-electron chi connectivity index (χ1n) is 14.4.